The number of carboxylic acid groups (broad SMARTS) is 1. The van der Waals surface area contributed by atoms with Crippen LogP contribution in [0.5, 0.6) is 0 Å². The van der Waals surface area contributed by atoms with Gasteiger partial charge in [0.2, 0.25) is 5.91 Å². The number of hydrogen-bond acceptors (Lipinski definition) is 6. The maximum atomic E-state index is 13.2. The van der Waals surface area contributed by atoms with Crippen molar-refractivity contribution in [2.75, 3.05) is 11.9 Å². The van der Waals surface area contributed by atoms with Gasteiger partial charge in [-0.05, 0) is 61.6 Å². The second-order valence-electron chi connectivity index (χ2n) is 13.3. The smallest absolute Gasteiger partial charge is 0.300 e. The lowest BCUT2D eigenvalue weighted by molar-refractivity contribution is -0.134. The second kappa shape index (κ2) is 17.9. The van der Waals surface area contributed by atoms with E-state index in [9.17, 15) is 4.79 Å². The number of imidazole rings is 1. The SMILES string of the molecule is C=C(CC(C)(C)C)NC(C)(C)C(=O)NC(COCc1ccccc1)C(=C)Nc1cn(C)cn1.CC(=O)O.c1ccc2c(c1)CCC2. The molecule has 1 aromatic heterocycles. The van der Waals surface area contributed by atoms with E-state index in [-0.39, 0.29) is 17.9 Å². The molecule has 0 bridgehead atoms. The van der Waals surface area contributed by atoms with E-state index in [2.05, 4.69) is 79.1 Å². The zero-order valence-corrected chi connectivity index (χ0v) is 28.7. The fraction of sp³-hybridized carbons (Fsp3) is 0.432. The monoisotopic (exact) mass is 631 g/mol. The molecule has 1 amide bonds. The lowest BCUT2D eigenvalue weighted by Crippen LogP contribution is -2.56. The Morgan fingerprint density at radius 2 is 1.57 bits per heavy atom. The standard InChI is InChI=1S/C26H39N5O2.C9H10.C2H4O2/c1-19(14-25(3,4)5)30-26(6,7)24(32)29-22(17-33-16-21-12-10-9-11-13-21)20(2)28-23-15-31(8)18-27-23;1-2-5-9-7-3-6-8(9)4-1;1-2(3)4/h9-13,15,18,22,28,30H,1-2,14,16-17H2,3-8H3,(H,29,32);1-2,4-5H,3,6-7H2;1H3,(H,3,4). The van der Waals surface area contributed by atoms with Crippen LogP contribution in [0.3, 0.4) is 0 Å². The van der Waals surface area contributed by atoms with E-state index in [1.165, 1.54) is 19.3 Å². The Hall–Kier alpha value is -4.37. The Morgan fingerprint density at radius 1 is 1.00 bits per heavy atom. The minimum Gasteiger partial charge on any atom is -0.481 e. The summed E-state index contributed by atoms with van der Waals surface area (Å²) in [5.74, 6) is -0.351. The molecule has 1 aliphatic rings. The summed E-state index contributed by atoms with van der Waals surface area (Å²) in [5, 5.41) is 17.0. The number of rotatable bonds is 12. The average Bonchev–Trinajstić information content (AvgIpc) is 3.60. The van der Waals surface area contributed by atoms with Gasteiger partial charge in [0.15, 0.2) is 0 Å². The van der Waals surface area contributed by atoms with Crippen molar-refractivity contribution in [3.8, 4) is 0 Å². The summed E-state index contributed by atoms with van der Waals surface area (Å²) in [5.41, 5.74) is 4.84. The fourth-order valence-corrected chi connectivity index (χ4v) is 4.86. The fourth-order valence-electron chi connectivity index (χ4n) is 4.86. The summed E-state index contributed by atoms with van der Waals surface area (Å²) in [7, 11) is 1.89. The van der Waals surface area contributed by atoms with E-state index < -0.39 is 17.6 Å². The van der Waals surface area contributed by atoms with E-state index in [4.69, 9.17) is 14.6 Å². The molecule has 1 unspecified atom stereocenters. The number of carbonyl (C=O) groups is 2. The van der Waals surface area contributed by atoms with Gasteiger partial charge in [-0.15, -0.1) is 0 Å². The minimum atomic E-state index is -0.856. The first-order valence-electron chi connectivity index (χ1n) is 15.6. The highest BCUT2D eigenvalue weighted by atomic mass is 16.5. The van der Waals surface area contributed by atoms with Gasteiger partial charge >= 0.3 is 0 Å². The van der Waals surface area contributed by atoms with Gasteiger partial charge in [-0.25, -0.2) is 4.98 Å². The molecule has 0 fully saturated rings. The summed E-state index contributed by atoms with van der Waals surface area (Å²) >= 11 is 0. The summed E-state index contributed by atoms with van der Waals surface area (Å²) in [6.45, 7) is 20.1. The first-order valence-corrected chi connectivity index (χ1v) is 15.6. The van der Waals surface area contributed by atoms with Crippen LogP contribution in [0, 0.1) is 5.41 Å². The molecule has 0 saturated heterocycles. The Labute approximate surface area is 275 Å². The maximum Gasteiger partial charge on any atom is 0.300 e. The van der Waals surface area contributed by atoms with Gasteiger partial charge in [0.25, 0.3) is 5.97 Å². The predicted molar refractivity (Wildman–Crippen MR) is 186 cm³/mol. The van der Waals surface area contributed by atoms with Crippen LogP contribution in [0.1, 0.15) is 71.1 Å². The number of aliphatic carboxylic acids is 1. The third-order valence-corrected chi connectivity index (χ3v) is 6.93. The molecule has 4 rings (SSSR count). The van der Waals surface area contributed by atoms with Crippen molar-refractivity contribution in [2.24, 2.45) is 12.5 Å². The van der Waals surface area contributed by atoms with Gasteiger partial charge < -0.3 is 30.4 Å². The van der Waals surface area contributed by atoms with Crippen LogP contribution in [0.4, 0.5) is 5.82 Å². The van der Waals surface area contributed by atoms with Crippen molar-refractivity contribution < 1.29 is 19.4 Å². The number of benzene rings is 2. The van der Waals surface area contributed by atoms with Gasteiger partial charge in [-0.2, -0.15) is 0 Å². The highest BCUT2D eigenvalue weighted by Gasteiger charge is 2.31. The first-order chi connectivity index (χ1) is 21.6. The highest BCUT2D eigenvalue weighted by Crippen LogP contribution is 2.23. The van der Waals surface area contributed by atoms with Crippen molar-refractivity contribution in [1.29, 1.82) is 0 Å². The molecule has 4 N–H and O–H groups in total. The molecule has 1 heterocycles. The highest BCUT2D eigenvalue weighted by molar-refractivity contribution is 5.86. The lowest BCUT2D eigenvalue weighted by atomic mass is 9.90. The van der Waals surface area contributed by atoms with Crippen LogP contribution in [-0.2, 0) is 40.8 Å². The van der Waals surface area contributed by atoms with Gasteiger partial charge in [0.05, 0.1) is 25.6 Å². The van der Waals surface area contributed by atoms with Crippen LogP contribution < -0.4 is 16.0 Å². The maximum absolute atomic E-state index is 13.2. The van der Waals surface area contributed by atoms with Gasteiger partial charge in [-0.1, -0.05) is 88.5 Å². The number of anilines is 1. The van der Waals surface area contributed by atoms with E-state index in [0.717, 1.165) is 24.6 Å². The van der Waals surface area contributed by atoms with Crippen molar-refractivity contribution in [1.82, 2.24) is 20.2 Å². The van der Waals surface area contributed by atoms with Crippen LogP contribution >= 0.6 is 0 Å². The predicted octanol–water partition coefficient (Wildman–Crippen LogP) is 6.63. The summed E-state index contributed by atoms with van der Waals surface area (Å²) in [6, 6.07) is 18.2. The molecule has 3 aromatic rings. The number of allylic oxidation sites excluding steroid dienone is 1. The van der Waals surface area contributed by atoms with E-state index in [1.807, 2.05) is 62.0 Å². The molecule has 0 radical (unpaired) electrons. The molecule has 1 atom stereocenters. The van der Waals surface area contributed by atoms with E-state index >= 15 is 0 Å². The Morgan fingerprint density at radius 3 is 2.09 bits per heavy atom. The van der Waals surface area contributed by atoms with E-state index in [1.54, 1.807) is 17.5 Å². The number of nitrogens with zero attached hydrogens (tertiary/aromatic N) is 2. The summed E-state index contributed by atoms with van der Waals surface area (Å²) in [6.07, 6.45) is 8.27. The van der Waals surface area contributed by atoms with E-state index in [0.29, 0.717) is 18.1 Å². The zero-order chi connectivity index (χ0) is 34.3. The van der Waals surface area contributed by atoms with Crippen LogP contribution in [0.2, 0.25) is 0 Å². The van der Waals surface area contributed by atoms with Crippen molar-refractivity contribution in [3.63, 3.8) is 0 Å². The van der Waals surface area contributed by atoms with Crippen molar-refractivity contribution in [3.05, 3.63) is 108 Å². The van der Waals surface area contributed by atoms with Crippen molar-refractivity contribution >= 4 is 17.7 Å². The molecular weight excluding hydrogens is 578 g/mol. The number of nitrogens with one attached hydrogen (secondary N) is 3. The Balaban J connectivity index is 0.000000463. The molecule has 2 aromatic carbocycles. The molecule has 250 valence electrons. The van der Waals surface area contributed by atoms with Crippen LogP contribution in [-0.4, -0.2) is 44.7 Å². The quantitative estimate of drug-likeness (QED) is 0.177. The first kappa shape index (κ1) is 37.8. The lowest BCUT2D eigenvalue weighted by Gasteiger charge is -2.32. The van der Waals surface area contributed by atoms with Gasteiger partial charge in [-0.3, -0.25) is 9.59 Å². The molecule has 9 heteroatoms. The number of carboxylic acids is 1. The van der Waals surface area contributed by atoms with Crippen LogP contribution in [0.25, 0.3) is 0 Å². The number of hydrogen-bond donors (Lipinski definition) is 4. The molecular formula is C37H53N5O4. The minimum absolute atomic E-state index is 0.0747. The molecule has 1 aliphatic carbocycles. The third kappa shape index (κ3) is 14.6. The second-order valence-corrected chi connectivity index (χ2v) is 13.3. The number of ether oxygens (including phenoxy) is 1. The Kier molecular flexibility index (Phi) is 14.8. The number of carbonyl (C=O) groups excluding carboxylic acids is 1. The molecule has 0 saturated carbocycles. The normalized spacial score (nSPS) is 12.7. The molecule has 9 nitrogen and oxygen atoms in total. The van der Waals surface area contributed by atoms with Gasteiger partial charge in [0, 0.05) is 31.6 Å². The average molecular weight is 632 g/mol. The van der Waals surface area contributed by atoms with Crippen molar-refractivity contribution in [2.45, 2.75) is 85.4 Å². The number of fused-ring (bicyclic) bond motifs is 1. The summed E-state index contributed by atoms with van der Waals surface area (Å²) in [4.78, 5) is 26.5. The summed E-state index contributed by atoms with van der Waals surface area (Å²) < 4.78 is 7.76. The number of aryl methyl sites for hydroxylation is 3. The third-order valence-electron chi connectivity index (χ3n) is 6.93. The molecule has 0 spiro atoms. The topological polar surface area (TPSA) is 118 Å². The molecule has 0 aliphatic heterocycles. The number of aromatic nitrogens is 2. The zero-order valence-electron chi connectivity index (χ0n) is 28.7. The number of amides is 1. The Bertz CT molecular complexity index is 1400. The molecule has 46 heavy (non-hydrogen) atoms. The largest absolute Gasteiger partial charge is 0.481 e. The van der Waals surface area contributed by atoms with Gasteiger partial charge in [0.1, 0.15) is 11.4 Å². The van der Waals surface area contributed by atoms with Crippen LogP contribution in [0.15, 0.2) is 91.7 Å².